The van der Waals surface area contributed by atoms with E-state index in [0.29, 0.717) is 11.7 Å². The van der Waals surface area contributed by atoms with E-state index in [1.807, 2.05) is 6.07 Å². The Morgan fingerprint density at radius 1 is 1.55 bits per heavy atom. The molecule has 20 heavy (non-hydrogen) atoms. The van der Waals surface area contributed by atoms with E-state index in [1.165, 1.54) is 5.56 Å². The quantitative estimate of drug-likeness (QED) is 0.814. The molecule has 110 valence electrons. The number of carbonyl (C=O) groups is 1. The summed E-state index contributed by atoms with van der Waals surface area (Å²) in [7, 11) is 0. The molecule has 3 nitrogen and oxygen atoms in total. The van der Waals surface area contributed by atoms with Gasteiger partial charge in [-0.3, -0.25) is 4.79 Å². The largest absolute Gasteiger partial charge is 0.351 e. The van der Waals surface area contributed by atoms with Crippen molar-refractivity contribution in [3.05, 3.63) is 28.2 Å². The van der Waals surface area contributed by atoms with Gasteiger partial charge in [-0.05, 0) is 49.6 Å². The predicted molar refractivity (Wildman–Crippen MR) is 88.2 cm³/mol. The Balaban J connectivity index is 1.82. The van der Waals surface area contributed by atoms with E-state index in [4.69, 9.17) is 0 Å². The van der Waals surface area contributed by atoms with Crippen molar-refractivity contribution in [1.82, 2.24) is 10.6 Å². The Kier molecular flexibility index (Phi) is 5.93. The van der Waals surface area contributed by atoms with Crippen LogP contribution in [0.15, 0.2) is 27.6 Å². The predicted octanol–water partition coefficient (Wildman–Crippen LogP) is 2.96. The minimum absolute atomic E-state index is 0.123. The molecule has 2 unspecified atom stereocenters. The van der Waals surface area contributed by atoms with Crippen LogP contribution in [0.3, 0.4) is 0 Å². The number of nitrogens with one attached hydrogen (secondary N) is 2. The summed E-state index contributed by atoms with van der Waals surface area (Å²) < 4.78 is 1.07. The average Bonchev–Trinajstić information content (AvgIpc) is 2.40. The van der Waals surface area contributed by atoms with Crippen molar-refractivity contribution in [2.45, 2.75) is 31.2 Å². The molecule has 1 saturated heterocycles. The number of benzene rings is 1. The third-order valence-corrected chi connectivity index (χ3v) is 5.34. The van der Waals surface area contributed by atoms with Crippen molar-refractivity contribution in [3.8, 4) is 0 Å². The monoisotopic (exact) mass is 356 g/mol. The molecule has 1 aromatic carbocycles. The zero-order valence-electron chi connectivity index (χ0n) is 11.9. The lowest BCUT2D eigenvalue weighted by molar-refractivity contribution is -0.119. The van der Waals surface area contributed by atoms with Gasteiger partial charge in [0.1, 0.15) is 0 Å². The van der Waals surface area contributed by atoms with Crippen LogP contribution in [0.2, 0.25) is 0 Å². The Morgan fingerprint density at radius 2 is 2.35 bits per heavy atom. The van der Waals surface area contributed by atoms with Gasteiger partial charge in [-0.2, -0.15) is 0 Å². The number of aryl methyl sites for hydroxylation is 1. The lowest BCUT2D eigenvalue weighted by Gasteiger charge is -2.30. The molecule has 1 heterocycles. The van der Waals surface area contributed by atoms with Crippen LogP contribution >= 0.6 is 27.7 Å². The zero-order valence-corrected chi connectivity index (χ0v) is 14.3. The third-order valence-electron chi connectivity index (χ3n) is 3.67. The molecule has 0 spiro atoms. The van der Waals surface area contributed by atoms with Crippen LogP contribution in [-0.4, -0.2) is 30.8 Å². The van der Waals surface area contributed by atoms with E-state index in [1.54, 1.807) is 11.8 Å². The molecule has 0 aliphatic carbocycles. The number of rotatable bonds is 4. The van der Waals surface area contributed by atoms with Crippen molar-refractivity contribution in [3.63, 3.8) is 0 Å². The van der Waals surface area contributed by atoms with E-state index >= 15 is 0 Å². The molecule has 2 atom stereocenters. The number of hydrogen-bond donors (Lipinski definition) is 2. The summed E-state index contributed by atoms with van der Waals surface area (Å²) in [5.74, 6) is 1.16. The van der Waals surface area contributed by atoms with Gasteiger partial charge < -0.3 is 10.6 Å². The number of carbonyl (C=O) groups excluding carboxylic acids is 1. The highest BCUT2D eigenvalue weighted by molar-refractivity contribution is 9.10. The van der Waals surface area contributed by atoms with Gasteiger partial charge in [0.25, 0.3) is 0 Å². The van der Waals surface area contributed by atoms with Gasteiger partial charge in [0.2, 0.25) is 5.91 Å². The van der Waals surface area contributed by atoms with Gasteiger partial charge in [-0.25, -0.2) is 0 Å². The second-order valence-corrected chi connectivity index (χ2v) is 7.28. The smallest absolute Gasteiger partial charge is 0.230 e. The fourth-order valence-electron chi connectivity index (χ4n) is 2.35. The Morgan fingerprint density at radius 3 is 3.05 bits per heavy atom. The van der Waals surface area contributed by atoms with Crippen LogP contribution in [0.5, 0.6) is 0 Å². The molecule has 1 aliphatic rings. The van der Waals surface area contributed by atoms with Crippen molar-refractivity contribution < 1.29 is 4.79 Å². The minimum atomic E-state index is 0.123. The molecule has 2 rings (SSSR count). The molecule has 1 aromatic rings. The SMILES string of the molecule is Cc1cc(Br)ccc1SCC(=O)NC1CNCCC1C. The lowest BCUT2D eigenvalue weighted by atomic mass is 9.95. The highest BCUT2D eigenvalue weighted by Crippen LogP contribution is 2.25. The van der Waals surface area contributed by atoms with E-state index < -0.39 is 0 Å². The van der Waals surface area contributed by atoms with Crippen LogP contribution in [-0.2, 0) is 4.79 Å². The van der Waals surface area contributed by atoms with Crippen LogP contribution in [0.4, 0.5) is 0 Å². The summed E-state index contributed by atoms with van der Waals surface area (Å²) in [5.41, 5.74) is 1.20. The normalized spacial score (nSPS) is 22.6. The minimum Gasteiger partial charge on any atom is -0.351 e. The maximum atomic E-state index is 12.0. The van der Waals surface area contributed by atoms with Gasteiger partial charge in [0, 0.05) is 22.0 Å². The molecule has 0 saturated carbocycles. The fourth-order valence-corrected chi connectivity index (χ4v) is 3.65. The highest BCUT2D eigenvalue weighted by atomic mass is 79.9. The number of halogens is 1. The second kappa shape index (κ2) is 7.48. The van der Waals surface area contributed by atoms with Crippen LogP contribution in [0.25, 0.3) is 0 Å². The summed E-state index contributed by atoms with van der Waals surface area (Å²) in [6, 6.07) is 6.42. The first-order chi connectivity index (χ1) is 9.56. The van der Waals surface area contributed by atoms with Gasteiger partial charge in [-0.1, -0.05) is 22.9 Å². The third kappa shape index (κ3) is 4.50. The first-order valence-electron chi connectivity index (χ1n) is 6.95. The summed E-state index contributed by atoms with van der Waals surface area (Å²) >= 11 is 5.05. The first-order valence-corrected chi connectivity index (χ1v) is 8.73. The molecule has 1 fully saturated rings. The van der Waals surface area contributed by atoms with Gasteiger partial charge in [0.15, 0.2) is 0 Å². The fraction of sp³-hybridized carbons (Fsp3) is 0.533. The van der Waals surface area contributed by atoms with E-state index in [2.05, 4.69) is 52.5 Å². The molecule has 0 aromatic heterocycles. The summed E-state index contributed by atoms with van der Waals surface area (Å²) in [5, 5.41) is 6.47. The Hall–Kier alpha value is -0.520. The standard InChI is InChI=1S/C15H21BrN2OS/c1-10-5-6-17-8-13(10)18-15(19)9-20-14-4-3-12(16)7-11(14)2/h3-4,7,10,13,17H,5-6,8-9H2,1-2H3,(H,18,19). The highest BCUT2D eigenvalue weighted by Gasteiger charge is 2.22. The van der Waals surface area contributed by atoms with Crippen molar-refractivity contribution in [2.24, 2.45) is 5.92 Å². The van der Waals surface area contributed by atoms with Crippen LogP contribution in [0.1, 0.15) is 18.9 Å². The number of thioether (sulfide) groups is 1. The lowest BCUT2D eigenvalue weighted by Crippen LogP contribution is -2.50. The van der Waals surface area contributed by atoms with E-state index in [0.717, 1.165) is 28.9 Å². The molecular formula is C15H21BrN2OS. The molecule has 5 heteroatoms. The van der Waals surface area contributed by atoms with Gasteiger partial charge in [0.05, 0.1) is 5.75 Å². The molecule has 0 bridgehead atoms. The van der Waals surface area contributed by atoms with E-state index in [-0.39, 0.29) is 11.9 Å². The molecule has 1 amide bonds. The molecular weight excluding hydrogens is 336 g/mol. The average molecular weight is 357 g/mol. The molecule has 0 radical (unpaired) electrons. The molecule has 1 aliphatic heterocycles. The number of hydrogen-bond acceptors (Lipinski definition) is 3. The second-order valence-electron chi connectivity index (χ2n) is 5.34. The van der Waals surface area contributed by atoms with Gasteiger partial charge in [-0.15, -0.1) is 11.8 Å². The molecule has 2 N–H and O–H groups in total. The van der Waals surface area contributed by atoms with Crippen LogP contribution in [0, 0.1) is 12.8 Å². The van der Waals surface area contributed by atoms with Crippen molar-refractivity contribution >= 4 is 33.6 Å². The summed E-state index contributed by atoms with van der Waals surface area (Å²) in [6.45, 7) is 6.21. The van der Waals surface area contributed by atoms with Crippen molar-refractivity contribution in [2.75, 3.05) is 18.8 Å². The Bertz CT molecular complexity index is 481. The summed E-state index contributed by atoms with van der Waals surface area (Å²) in [4.78, 5) is 13.2. The van der Waals surface area contributed by atoms with E-state index in [9.17, 15) is 4.79 Å². The van der Waals surface area contributed by atoms with Gasteiger partial charge >= 0.3 is 0 Å². The maximum Gasteiger partial charge on any atom is 0.230 e. The number of piperidine rings is 1. The zero-order chi connectivity index (χ0) is 14.5. The number of amides is 1. The summed E-state index contributed by atoms with van der Waals surface area (Å²) in [6.07, 6.45) is 1.13. The Labute approximate surface area is 133 Å². The topological polar surface area (TPSA) is 41.1 Å². The maximum absolute atomic E-state index is 12.0. The first kappa shape index (κ1) is 15.9. The van der Waals surface area contributed by atoms with Crippen LogP contribution < -0.4 is 10.6 Å². The van der Waals surface area contributed by atoms with Crippen molar-refractivity contribution in [1.29, 1.82) is 0 Å².